The van der Waals surface area contributed by atoms with Gasteiger partial charge in [0.2, 0.25) is 0 Å². The van der Waals surface area contributed by atoms with E-state index in [1.807, 2.05) is 0 Å². The Labute approximate surface area is 103 Å². The average Bonchev–Trinajstić information content (AvgIpc) is 2.26. The molecule has 6 nitrogen and oxygen atoms in total. The van der Waals surface area contributed by atoms with Crippen molar-refractivity contribution in [3.63, 3.8) is 0 Å². The molecule has 96 valence electrons. The van der Waals surface area contributed by atoms with Gasteiger partial charge in [-0.3, -0.25) is 9.59 Å². The lowest BCUT2D eigenvalue weighted by atomic mass is 9.65. The van der Waals surface area contributed by atoms with E-state index in [1.54, 1.807) is 0 Å². The van der Waals surface area contributed by atoms with Gasteiger partial charge < -0.3 is 15.9 Å². The monoisotopic (exact) mass is 251 g/mol. The van der Waals surface area contributed by atoms with Crippen LogP contribution in [-0.4, -0.2) is 27.9 Å². The molecule has 1 aliphatic carbocycles. The number of ketones is 1. The fraction of sp³-hybridized carbons (Fsp3) is 0.250. The largest absolute Gasteiger partial charge is 0.481 e. The number of aliphatic carboxylic acids is 2. The Morgan fingerprint density at radius 3 is 2.39 bits per heavy atom. The zero-order valence-corrected chi connectivity index (χ0v) is 9.71. The summed E-state index contributed by atoms with van der Waals surface area (Å²) in [5, 5.41) is 18.2. The third-order valence-electron chi connectivity index (χ3n) is 3.08. The Bertz CT molecular complexity index is 503. The summed E-state index contributed by atoms with van der Waals surface area (Å²) in [6.07, 6.45) is 3.32. The first-order valence-electron chi connectivity index (χ1n) is 5.08. The van der Waals surface area contributed by atoms with Crippen LogP contribution in [0.1, 0.15) is 6.92 Å². The molecule has 0 spiro atoms. The van der Waals surface area contributed by atoms with Crippen LogP contribution in [0.2, 0.25) is 0 Å². The topological polar surface area (TPSA) is 118 Å². The Kier molecular flexibility index (Phi) is 3.41. The van der Waals surface area contributed by atoms with Gasteiger partial charge in [-0.2, -0.15) is 0 Å². The summed E-state index contributed by atoms with van der Waals surface area (Å²) in [6, 6.07) is 0. The third kappa shape index (κ3) is 1.81. The molecule has 0 aromatic carbocycles. The van der Waals surface area contributed by atoms with Gasteiger partial charge >= 0.3 is 11.9 Å². The van der Waals surface area contributed by atoms with Crippen molar-refractivity contribution >= 4 is 17.7 Å². The Hall–Kier alpha value is -2.37. The summed E-state index contributed by atoms with van der Waals surface area (Å²) < 4.78 is 0. The van der Waals surface area contributed by atoms with Gasteiger partial charge in [0, 0.05) is 5.70 Å². The number of carboxylic acid groups (broad SMARTS) is 2. The van der Waals surface area contributed by atoms with Gasteiger partial charge in [0.05, 0.1) is 16.9 Å². The molecule has 2 atom stereocenters. The molecule has 0 fully saturated rings. The zero-order valence-electron chi connectivity index (χ0n) is 9.71. The number of carboxylic acids is 2. The molecule has 0 aromatic rings. The lowest BCUT2D eigenvalue weighted by molar-refractivity contribution is -0.147. The zero-order chi connectivity index (χ0) is 14.1. The van der Waals surface area contributed by atoms with Crippen molar-refractivity contribution in [1.29, 1.82) is 0 Å². The standard InChI is InChI=1S/C12H13NO5/c1-3-8(14)12(2)6(10(15)16)4-5-7(13)9(12)11(17)18/h3-6H,1,13H2,2H3,(H,15,16)(H,17,18). The Morgan fingerprint density at radius 2 is 2.00 bits per heavy atom. The minimum absolute atomic E-state index is 0.127. The Balaban J connectivity index is 3.56. The maximum Gasteiger partial charge on any atom is 0.334 e. The number of carbonyl (C=O) groups excluding carboxylic acids is 1. The number of allylic oxidation sites excluding steroid dienone is 2. The number of rotatable bonds is 4. The molecule has 0 radical (unpaired) electrons. The van der Waals surface area contributed by atoms with Gasteiger partial charge in [-0.05, 0) is 19.1 Å². The molecule has 0 aliphatic heterocycles. The lowest BCUT2D eigenvalue weighted by Gasteiger charge is -2.34. The van der Waals surface area contributed by atoms with Crippen molar-refractivity contribution in [1.82, 2.24) is 0 Å². The lowest BCUT2D eigenvalue weighted by Crippen LogP contribution is -2.45. The van der Waals surface area contributed by atoms with Crippen LogP contribution in [0.25, 0.3) is 0 Å². The maximum absolute atomic E-state index is 11.9. The number of nitrogens with two attached hydrogens (primary N) is 1. The van der Waals surface area contributed by atoms with Crippen molar-refractivity contribution in [2.75, 3.05) is 0 Å². The summed E-state index contributed by atoms with van der Waals surface area (Å²) in [6.45, 7) is 4.52. The molecular formula is C12H13NO5. The van der Waals surface area contributed by atoms with Crippen molar-refractivity contribution < 1.29 is 24.6 Å². The highest BCUT2D eigenvalue weighted by Crippen LogP contribution is 2.42. The quantitative estimate of drug-likeness (QED) is 0.619. The smallest absolute Gasteiger partial charge is 0.334 e. The van der Waals surface area contributed by atoms with Gasteiger partial charge in [0.15, 0.2) is 5.78 Å². The summed E-state index contributed by atoms with van der Waals surface area (Å²) in [5.41, 5.74) is 3.25. The van der Waals surface area contributed by atoms with Crippen molar-refractivity contribution in [2.45, 2.75) is 6.92 Å². The fourth-order valence-electron chi connectivity index (χ4n) is 2.09. The first-order valence-corrected chi connectivity index (χ1v) is 5.08. The molecule has 1 rings (SSSR count). The SMILES string of the molecule is C=CC(=O)C1(C)C(C(=O)O)=C(N)C=CC1C(=O)O. The highest BCUT2D eigenvalue weighted by molar-refractivity contribution is 6.07. The first-order chi connectivity index (χ1) is 8.26. The second kappa shape index (κ2) is 4.48. The molecule has 0 saturated heterocycles. The van der Waals surface area contributed by atoms with Crippen LogP contribution in [0.4, 0.5) is 0 Å². The molecule has 2 unspecified atom stereocenters. The van der Waals surface area contributed by atoms with E-state index in [-0.39, 0.29) is 5.70 Å². The molecule has 1 aliphatic rings. The van der Waals surface area contributed by atoms with E-state index in [1.165, 1.54) is 19.1 Å². The fourth-order valence-corrected chi connectivity index (χ4v) is 2.09. The molecule has 0 bridgehead atoms. The van der Waals surface area contributed by atoms with Crippen LogP contribution in [0.15, 0.2) is 36.1 Å². The molecule has 0 heterocycles. The van der Waals surface area contributed by atoms with E-state index >= 15 is 0 Å². The van der Waals surface area contributed by atoms with E-state index in [4.69, 9.17) is 15.9 Å². The van der Waals surface area contributed by atoms with Crippen molar-refractivity contribution in [3.05, 3.63) is 36.1 Å². The predicted molar refractivity (Wildman–Crippen MR) is 62.4 cm³/mol. The average molecular weight is 251 g/mol. The number of carbonyl (C=O) groups is 3. The molecular weight excluding hydrogens is 238 g/mol. The third-order valence-corrected chi connectivity index (χ3v) is 3.08. The summed E-state index contributed by atoms with van der Waals surface area (Å²) in [5.74, 6) is -4.70. The number of hydrogen-bond acceptors (Lipinski definition) is 4. The van der Waals surface area contributed by atoms with E-state index < -0.39 is 34.6 Å². The molecule has 4 N–H and O–H groups in total. The van der Waals surface area contributed by atoms with Gasteiger partial charge in [-0.1, -0.05) is 12.7 Å². The summed E-state index contributed by atoms with van der Waals surface area (Å²) in [7, 11) is 0. The molecule has 0 aromatic heterocycles. The van der Waals surface area contributed by atoms with Crippen LogP contribution >= 0.6 is 0 Å². The van der Waals surface area contributed by atoms with Gasteiger partial charge in [-0.15, -0.1) is 0 Å². The van der Waals surface area contributed by atoms with Crippen LogP contribution in [0.3, 0.4) is 0 Å². The van der Waals surface area contributed by atoms with E-state index in [0.29, 0.717) is 0 Å². The van der Waals surface area contributed by atoms with E-state index in [2.05, 4.69) is 6.58 Å². The first kappa shape index (κ1) is 13.7. The van der Waals surface area contributed by atoms with Crippen molar-refractivity contribution in [3.8, 4) is 0 Å². The van der Waals surface area contributed by atoms with E-state index in [9.17, 15) is 14.4 Å². The van der Waals surface area contributed by atoms with Crippen LogP contribution in [0, 0.1) is 11.3 Å². The Morgan fingerprint density at radius 1 is 1.44 bits per heavy atom. The predicted octanol–water partition coefficient (Wildman–Crippen LogP) is 0.316. The van der Waals surface area contributed by atoms with Crippen LogP contribution < -0.4 is 5.73 Å². The summed E-state index contributed by atoms with van der Waals surface area (Å²) >= 11 is 0. The second-order valence-electron chi connectivity index (χ2n) is 4.08. The highest BCUT2D eigenvalue weighted by Gasteiger charge is 2.50. The van der Waals surface area contributed by atoms with Gasteiger partial charge in [0.25, 0.3) is 0 Å². The number of hydrogen-bond donors (Lipinski definition) is 3. The normalized spacial score (nSPS) is 26.8. The molecule has 6 heteroatoms. The van der Waals surface area contributed by atoms with Gasteiger partial charge in [-0.25, -0.2) is 4.79 Å². The van der Waals surface area contributed by atoms with E-state index in [0.717, 1.165) is 6.08 Å². The van der Waals surface area contributed by atoms with Gasteiger partial charge in [0.1, 0.15) is 0 Å². The molecule has 0 saturated carbocycles. The molecule has 0 amide bonds. The summed E-state index contributed by atoms with van der Waals surface area (Å²) in [4.78, 5) is 34.3. The highest BCUT2D eigenvalue weighted by atomic mass is 16.4. The maximum atomic E-state index is 11.9. The van der Waals surface area contributed by atoms with Crippen molar-refractivity contribution in [2.24, 2.45) is 17.1 Å². The van der Waals surface area contributed by atoms with Crippen LogP contribution in [-0.2, 0) is 14.4 Å². The molecule has 18 heavy (non-hydrogen) atoms. The minimum atomic E-state index is -1.75. The second-order valence-corrected chi connectivity index (χ2v) is 4.08. The minimum Gasteiger partial charge on any atom is -0.481 e. The van der Waals surface area contributed by atoms with Crippen LogP contribution in [0.5, 0.6) is 0 Å².